The number of carbonyl (C=O) groups is 2. The van der Waals surface area contributed by atoms with Gasteiger partial charge in [0.1, 0.15) is 0 Å². The predicted molar refractivity (Wildman–Crippen MR) is 117 cm³/mol. The number of amides is 2. The minimum atomic E-state index is -0.210. The molecule has 4 aliphatic rings. The van der Waals surface area contributed by atoms with Crippen molar-refractivity contribution in [3.05, 3.63) is 42.1 Å². The highest BCUT2D eigenvalue weighted by Gasteiger charge is 2.51. The molecule has 6 nitrogen and oxygen atoms in total. The molecule has 2 amide bonds. The van der Waals surface area contributed by atoms with Crippen LogP contribution in [-0.4, -0.2) is 32.9 Å². The zero-order valence-corrected chi connectivity index (χ0v) is 18.1. The SMILES string of the molecule is Cn1ccc(NC(=O)c2ccccc2SCC(=O)NC23CC4CC(CC(C4)C2)C3)n1. The molecule has 30 heavy (non-hydrogen) atoms. The van der Waals surface area contributed by atoms with Crippen molar-refractivity contribution in [3.63, 3.8) is 0 Å². The Kier molecular flexibility index (Phi) is 5.09. The summed E-state index contributed by atoms with van der Waals surface area (Å²) in [6.45, 7) is 0. The number of aryl methyl sites for hydroxylation is 1. The van der Waals surface area contributed by atoms with E-state index in [4.69, 9.17) is 0 Å². The van der Waals surface area contributed by atoms with E-state index in [9.17, 15) is 9.59 Å². The second-order valence-electron chi connectivity index (χ2n) is 9.36. The van der Waals surface area contributed by atoms with Crippen molar-refractivity contribution < 1.29 is 9.59 Å². The molecule has 4 fully saturated rings. The summed E-state index contributed by atoms with van der Waals surface area (Å²) >= 11 is 1.43. The monoisotopic (exact) mass is 424 g/mol. The molecule has 1 heterocycles. The zero-order chi connectivity index (χ0) is 20.7. The molecule has 1 aromatic heterocycles. The lowest BCUT2D eigenvalue weighted by atomic mass is 9.53. The van der Waals surface area contributed by atoms with E-state index in [1.54, 1.807) is 23.0 Å². The molecule has 0 radical (unpaired) electrons. The highest BCUT2D eigenvalue weighted by molar-refractivity contribution is 8.00. The summed E-state index contributed by atoms with van der Waals surface area (Å²) < 4.78 is 1.64. The lowest BCUT2D eigenvalue weighted by Crippen LogP contribution is -2.60. The molecule has 1 aromatic carbocycles. The van der Waals surface area contributed by atoms with E-state index in [-0.39, 0.29) is 17.4 Å². The maximum atomic E-state index is 12.8. The predicted octanol–water partition coefficient (Wildman–Crippen LogP) is 3.85. The third-order valence-corrected chi connectivity index (χ3v) is 7.96. The summed E-state index contributed by atoms with van der Waals surface area (Å²) in [6.07, 6.45) is 9.33. The van der Waals surface area contributed by atoms with Gasteiger partial charge in [0.05, 0.1) is 11.3 Å². The summed E-state index contributed by atoms with van der Waals surface area (Å²) in [5, 5.41) is 10.4. The van der Waals surface area contributed by atoms with Gasteiger partial charge in [-0.1, -0.05) is 12.1 Å². The molecule has 0 atom stereocenters. The number of benzene rings is 1. The quantitative estimate of drug-likeness (QED) is 0.691. The number of nitrogens with one attached hydrogen (secondary N) is 2. The van der Waals surface area contributed by atoms with E-state index in [1.165, 1.54) is 31.0 Å². The number of hydrogen-bond acceptors (Lipinski definition) is 4. The fourth-order valence-electron chi connectivity index (χ4n) is 6.18. The fourth-order valence-corrected chi connectivity index (χ4v) is 7.03. The lowest BCUT2D eigenvalue weighted by molar-refractivity contribution is -0.124. The average Bonchev–Trinajstić information content (AvgIpc) is 3.09. The van der Waals surface area contributed by atoms with E-state index >= 15 is 0 Å². The Balaban J connectivity index is 1.21. The van der Waals surface area contributed by atoms with Crippen LogP contribution >= 0.6 is 11.8 Å². The Labute approximate surface area is 181 Å². The number of hydrogen-bond donors (Lipinski definition) is 2. The van der Waals surface area contributed by atoms with Crippen molar-refractivity contribution in [1.29, 1.82) is 0 Å². The van der Waals surface area contributed by atoms with Crippen LogP contribution in [0.3, 0.4) is 0 Å². The number of thioether (sulfide) groups is 1. The Morgan fingerprint density at radius 3 is 2.40 bits per heavy atom. The van der Waals surface area contributed by atoms with Gasteiger partial charge in [0, 0.05) is 29.7 Å². The number of anilines is 1. The molecule has 0 saturated heterocycles. The molecule has 4 aliphatic carbocycles. The minimum Gasteiger partial charge on any atom is -0.350 e. The molecule has 4 saturated carbocycles. The normalized spacial score (nSPS) is 29.0. The van der Waals surface area contributed by atoms with Gasteiger partial charge in [-0.25, -0.2) is 0 Å². The number of carbonyl (C=O) groups excluding carboxylic acids is 2. The average molecular weight is 425 g/mol. The largest absolute Gasteiger partial charge is 0.350 e. The summed E-state index contributed by atoms with van der Waals surface area (Å²) in [6, 6.07) is 9.18. The van der Waals surface area contributed by atoms with Crippen molar-refractivity contribution in [3.8, 4) is 0 Å². The van der Waals surface area contributed by atoms with Crippen molar-refractivity contribution >= 4 is 29.4 Å². The first-order chi connectivity index (χ1) is 14.5. The third-order valence-electron chi connectivity index (χ3n) is 6.89. The van der Waals surface area contributed by atoms with Gasteiger partial charge in [0.15, 0.2) is 5.82 Å². The zero-order valence-electron chi connectivity index (χ0n) is 17.3. The maximum Gasteiger partial charge on any atom is 0.257 e. The van der Waals surface area contributed by atoms with Gasteiger partial charge < -0.3 is 10.6 Å². The van der Waals surface area contributed by atoms with Gasteiger partial charge in [0.2, 0.25) is 5.91 Å². The summed E-state index contributed by atoms with van der Waals surface area (Å²) in [5.74, 6) is 3.14. The Morgan fingerprint density at radius 2 is 1.77 bits per heavy atom. The van der Waals surface area contributed by atoms with E-state index in [0.29, 0.717) is 17.1 Å². The van der Waals surface area contributed by atoms with Crippen LogP contribution in [0.4, 0.5) is 5.82 Å². The Morgan fingerprint density at radius 1 is 1.10 bits per heavy atom. The standard InChI is InChI=1S/C23H28N4O2S/c1-27-7-6-20(26-27)24-22(29)18-4-2-3-5-19(18)30-14-21(28)25-23-11-15-8-16(12-23)10-17(9-15)13-23/h2-7,15-17H,8-14H2,1H3,(H,25,28)(H,24,26,29). The molecule has 158 valence electrons. The smallest absolute Gasteiger partial charge is 0.257 e. The first kappa shape index (κ1) is 19.7. The van der Waals surface area contributed by atoms with Gasteiger partial charge in [-0.15, -0.1) is 11.8 Å². The van der Waals surface area contributed by atoms with Crippen LogP contribution in [0, 0.1) is 17.8 Å². The fraction of sp³-hybridized carbons (Fsp3) is 0.522. The number of rotatable bonds is 6. The van der Waals surface area contributed by atoms with E-state index in [0.717, 1.165) is 41.9 Å². The molecule has 0 spiro atoms. The van der Waals surface area contributed by atoms with Gasteiger partial charge >= 0.3 is 0 Å². The molecule has 7 heteroatoms. The second kappa shape index (κ2) is 7.76. The first-order valence-corrected chi connectivity index (χ1v) is 11.8. The van der Waals surface area contributed by atoms with E-state index in [1.807, 2.05) is 25.2 Å². The van der Waals surface area contributed by atoms with Crippen LogP contribution in [0.5, 0.6) is 0 Å². The van der Waals surface area contributed by atoms with E-state index < -0.39 is 0 Å². The summed E-state index contributed by atoms with van der Waals surface area (Å²) in [7, 11) is 1.81. The van der Waals surface area contributed by atoms with Crippen LogP contribution in [0.2, 0.25) is 0 Å². The molecule has 2 N–H and O–H groups in total. The molecule has 6 rings (SSSR count). The lowest BCUT2D eigenvalue weighted by Gasteiger charge is -2.56. The second-order valence-corrected chi connectivity index (χ2v) is 10.4. The third kappa shape index (κ3) is 4.00. The van der Waals surface area contributed by atoms with Crippen LogP contribution in [-0.2, 0) is 11.8 Å². The Hall–Kier alpha value is -2.28. The highest BCUT2D eigenvalue weighted by atomic mass is 32.2. The van der Waals surface area contributed by atoms with E-state index in [2.05, 4.69) is 15.7 Å². The number of nitrogens with zero attached hydrogens (tertiary/aromatic N) is 2. The van der Waals surface area contributed by atoms with Crippen LogP contribution in [0.15, 0.2) is 41.4 Å². The van der Waals surface area contributed by atoms with Crippen molar-refractivity contribution in [1.82, 2.24) is 15.1 Å². The highest BCUT2D eigenvalue weighted by Crippen LogP contribution is 2.55. The van der Waals surface area contributed by atoms with Gasteiger partial charge in [-0.3, -0.25) is 14.3 Å². The van der Waals surface area contributed by atoms with Crippen LogP contribution < -0.4 is 10.6 Å². The topological polar surface area (TPSA) is 76.0 Å². The molecule has 0 unspecified atom stereocenters. The maximum absolute atomic E-state index is 12.8. The van der Waals surface area contributed by atoms with Gasteiger partial charge in [0.25, 0.3) is 5.91 Å². The first-order valence-electron chi connectivity index (χ1n) is 10.8. The van der Waals surface area contributed by atoms with Crippen LogP contribution in [0.1, 0.15) is 48.9 Å². The number of aromatic nitrogens is 2. The molecule has 0 aliphatic heterocycles. The van der Waals surface area contributed by atoms with Crippen LogP contribution in [0.25, 0.3) is 0 Å². The summed E-state index contributed by atoms with van der Waals surface area (Å²) in [5.41, 5.74) is 0.596. The van der Waals surface area contributed by atoms with Crippen molar-refractivity contribution in [2.45, 2.75) is 49.0 Å². The van der Waals surface area contributed by atoms with Crippen molar-refractivity contribution in [2.24, 2.45) is 24.8 Å². The molecule has 4 bridgehead atoms. The minimum absolute atomic E-state index is 0.0300. The molecular weight excluding hydrogens is 396 g/mol. The van der Waals surface area contributed by atoms with Gasteiger partial charge in [-0.2, -0.15) is 5.10 Å². The molecule has 2 aromatic rings. The van der Waals surface area contributed by atoms with Crippen molar-refractivity contribution in [2.75, 3.05) is 11.1 Å². The molecular formula is C23H28N4O2S. The van der Waals surface area contributed by atoms with Gasteiger partial charge in [-0.05, 0) is 68.4 Å². The Bertz CT molecular complexity index is 934. The summed E-state index contributed by atoms with van der Waals surface area (Å²) in [4.78, 5) is 26.4.